The Labute approximate surface area is 208 Å². The van der Waals surface area contributed by atoms with Gasteiger partial charge in [0.2, 0.25) is 0 Å². The van der Waals surface area contributed by atoms with E-state index in [-0.39, 0.29) is 5.97 Å². The number of carbonyl (C=O) groups is 1. The van der Waals surface area contributed by atoms with Gasteiger partial charge in [-0.3, -0.25) is 4.90 Å². The molecule has 1 aromatic heterocycles. The van der Waals surface area contributed by atoms with E-state index in [4.69, 9.17) is 40.2 Å². The maximum absolute atomic E-state index is 12.7. The Balaban J connectivity index is 1.39. The number of thiocarbonyl (C=S) groups is 1. The van der Waals surface area contributed by atoms with Gasteiger partial charge in [0.25, 0.3) is 0 Å². The van der Waals surface area contributed by atoms with Crippen molar-refractivity contribution < 1.29 is 9.53 Å². The minimum Gasteiger partial charge on any atom is -0.462 e. The molecule has 1 fully saturated rings. The van der Waals surface area contributed by atoms with Gasteiger partial charge >= 0.3 is 5.97 Å². The highest BCUT2D eigenvalue weighted by molar-refractivity contribution is 7.80. The predicted octanol–water partition coefficient (Wildman–Crippen LogP) is 5.63. The fourth-order valence-corrected chi connectivity index (χ4v) is 6.34. The Morgan fingerprint density at radius 2 is 1.94 bits per heavy atom. The number of hydrogen-bond acceptors (Lipinski definition) is 5. The van der Waals surface area contributed by atoms with E-state index in [2.05, 4.69) is 15.1 Å². The number of thiophene rings is 1. The first-order valence-electron chi connectivity index (χ1n) is 11.0. The molecule has 0 bridgehead atoms. The molecular formula is C23H27Cl2N3O2S2. The van der Waals surface area contributed by atoms with Crippen molar-refractivity contribution in [2.45, 2.75) is 39.2 Å². The van der Waals surface area contributed by atoms with Crippen LogP contribution in [0.1, 0.15) is 46.1 Å². The van der Waals surface area contributed by atoms with E-state index >= 15 is 0 Å². The van der Waals surface area contributed by atoms with Crippen molar-refractivity contribution in [3.8, 4) is 0 Å². The number of piperazine rings is 1. The maximum Gasteiger partial charge on any atom is 0.341 e. The van der Waals surface area contributed by atoms with Gasteiger partial charge in [0.1, 0.15) is 5.00 Å². The normalized spacial score (nSPS) is 16.5. The molecule has 2 heterocycles. The number of benzene rings is 1. The molecule has 0 radical (unpaired) electrons. The molecule has 0 atom stereocenters. The number of esters is 1. The van der Waals surface area contributed by atoms with Crippen molar-refractivity contribution in [2.75, 3.05) is 38.1 Å². The molecule has 1 N–H and O–H groups in total. The maximum atomic E-state index is 12.7. The first kappa shape index (κ1) is 23.8. The van der Waals surface area contributed by atoms with Crippen molar-refractivity contribution in [1.29, 1.82) is 0 Å². The van der Waals surface area contributed by atoms with Crippen molar-refractivity contribution in [1.82, 2.24) is 9.80 Å². The Bertz CT molecular complexity index is 1000. The quantitative estimate of drug-likeness (QED) is 0.414. The molecule has 0 saturated carbocycles. The number of halogens is 2. The number of nitrogens with one attached hydrogen (secondary N) is 1. The van der Waals surface area contributed by atoms with Crippen LogP contribution in [-0.4, -0.2) is 53.7 Å². The molecule has 32 heavy (non-hydrogen) atoms. The molecule has 172 valence electrons. The zero-order chi connectivity index (χ0) is 22.7. The highest BCUT2D eigenvalue weighted by Gasteiger charge is 2.28. The van der Waals surface area contributed by atoms with Crippen LogP contribution >= 0.6 is 46.8 Å². The van der Waals surface area contributed by atoms with E-state index in [1.165, 1.54) is 11.3 Å². The van der Waals surface area contributed by atoms with E-state index in [1.807, 2.05) is 19.1 Å². The van der Waals surface area contributed by atoms with Gasteiger partial charge in [-0.15, -0.1) is 11.3 Å². The van der Waals surface area contributed by atoms with Gasteiger partial charge in [0.15, 0.2) is 5.11 Å². The van der Waals surface area contributed by atoms with E-state index in [1.54, 1.807) is 17.4 Å². The monoisotopic (exact) mass is 511 g/mol. The van der Waals surface area contributed by atoms with Crippen LogP contribution in [-0.2, 0) is 24.1 Å². The Kier molecular flexibility index (Phi) is 7.95. The lowest BCUT2D eigenvalue weighted by Crippen LogP contribution is -2.49. The SMILES string of the molecule is CCOC(=O)c1c(NC(=S)N2CCN(Cc3ccc(Cl)cc3Cl)CC2)sc2c1CCCC2. The molecule has 2 aromatic rings. The highest BCUT2D eigenvalue weighted by Crippen LogP contribution is 2.38. The van der Waals surface area contributed by atoms with Crippen LogP contribution < -0.4 is 5.32 Å². The summed E-state index contributed by atoms with van der Waals surface area (Å²) in [6.07, 6.45) is 4.23. The highest BCUT2D eigenvalue weighted by atomic mass is 35.5. The van der Waals surface area contributed by atoms with Crippen LogP contribution in [0, 0.1) is 0 Å². The zero-order valence-electron chi connectivity index (χ0n) is 18.1. The lowest BCUT2D eigenvalue weighted by atomic mass is 9.95. The van der Waals surface area contributed by atoms with Gasteiger partial charge in [-0.2, -0.15) is 0 Å². The summed E-state index contributed by atoms with van der Waals surface area (Å²) in [4.78, 5) is 18.5. The van der Waals surface area contributed by atoms with Crippen LogP contribution in [0.4, 0.5) is 5.00 Å². The smallest absolute Gasteiger partial charge is 0.341 e. The number of fused-ring (bicyclic) bond motifs is 1. The molecule has 0 spiro atoms. The van der Waals surface area contributed by atoms with E-state index in [0.29, 0.717) is 27.3 Å². The molecule has 2 aliphatic rings. The van der Waals surface area contributed by atoms with E-state index in [0.717, 1.165) is 68.1 Å². The van der Waals surface area contributed by atoms with E-state index < -0.39 is 0 Å². The Morgan fingerprint density at radius 1 is 1.19 bits per heavy atom. The topological polar surface area (TPSA) is 44.8 Å². The molecule has 0 amide bonds. The summed E-state index contributed by atoms with van der Waals surface area (Å²) in [5.41, 5.74) is 2.91. The molecule has 1 saturated heterocycles. The fraction of sp³-hybridized carbons (Fsp3) is 0.478. The second kappa shape index (κ2) is 10.7. The number of rotatable bonds is 5. The van der Waals surface area contributed by atoms with Crippen molar-refractivity contribution in [2.24, 2.45) is 0 Å². The predicted molar refractivity (Wildman–Crippen MR) is 136 cm³/mol. The van der Waals surface area contributed by atoms with Crippen LogP contribution in [0.3, 0.4) is 0 Å². The fourth-order valence-electron chi connectivity index (χ4n) is 4.25. The van der Waals surface area contributed by atoms with Crippen molar-refractivity contribution >= 4 is 62.8 Å². The number of hydrogen-bond donors (Lipinski definition) is 1. The molecule has 5 nitrogen and oxygen atoms in total. The third-order valence-electron chi connectivity index (χ3n) is 5.94. The minimum absolute atomic E-state index is 0.248. The lowest BCUT2D eigenvalue weighted by molar-refractivity contribution is 0.0526. The third-order valence-corrected chi connectivity index (χ3v) is 8.09. The Hall–Kier alpha value is -1.38. The summed E-state index contributed by atoms with van der Waals surface area (Å²) in [7, 11) is 0. The van der Waals surface area contributed by atoms with Crippen LogP contribution in [0.25, 0.3) is 0 Å². The number of carbonyl (C=O) groups excluding carboxylic acids is 1. The van der Waals surface area contributed by atoms with Crippen LogP contribution in [0.2, 0.25) is 10.0 Å². The number of ether oxygens (including phenoxy) is 1. The summed E-state index contributed by atoms with van der Waals surface area (Å²) < 4.78 is 5.35. The first-order valence-corrected chi connectivity index (χ1v) is 13.0. The lowest BCUT2D eigenvalue weighted by Gasteiger charge is -2.36. The Morgan fingerprint density at radius 3 is 2.66 bits per heavy atom. The van der Waals surface area contributed by atoms with Gasteiger partial charge in [0, 0.05) is 47.6 Å². The van der Waals surface area contributed by atoms with Gasteiger partial charge in [-0.25, -0.2) is 4.79 Å². The molecule has 4 rings (SSSR count). The van der Waals surface area contributed by atoms with Crippen molar-refractivity contribution in [3.05, 3.63) is 49.8 Å². The van der Waals surface area contributed by atoms with Gasteiger partial charge in [-0.05, 0) is 68.1 Å². The third kappa shape index (κ3) is 5.39. The molecule has 1 aromatic carbocycles. The first-order chi connectivity index (χ1) is 15.5. The second-order valence-electron chi connectivity index (χ2n) is 8.06. The minimum atomic E-state index is -0.248. The molecule has 0 unspecified atom stereocenters. The van der Waals surface area contributed by atoms with Crippen molar-refractivity contribution in [3.63, 3.8) is 0 Å². The van der Waals surface area contributed by atoms with Gasteiger partial charge in [0.05, 0.1) is 12.2 Å². The summed E-state index contributed by atoms with van der Waals surface area (Å²) in [5, 5.41) is 6.22. The summed E-state index contributed by atoms with van der Waals surface area (Å²) in [5.74, 6) is -0.248. The molecule has 1 aliphatic carbocycles. The van der Waals surface area contributed by atoms with Crippen LogP contribution in [0.5, 0.6) is 0 Å². The van der Waals surface area contributed by atoms with Crippen LogP contribution in [0.15, 0.2) is 18.2 Å². The standard InChI is InChI=1S/C23H27Cl2N3O2S2/c1-2-30-22(29)20-17-5-3-4-6-19(17)32-21(20)26-23(31)28-11-9-27(10-12-28)14-15-7-8-16(24)13-18(15)25/h7-8,13H,2-6,9-12,14H2,1H3,(H,26,31). The summed E-state index contributed by atoms with van der Waals surface area (Å²) in [6, 6.07) is 5.65. The number of anilines is 1. The van der Waals surface area contributed by atoms with Gasteiger partial charge < -0.3 is 15.0 Å². The summed E-state index contributed by atoms with van der Waals surface area (Å²) >= 11 is 19.7. The average Bonchev–Trinajstić information content (AvgIpc) is 3.14. The summed E-state index contributed by atoms with van der Waals surface area (Å²) in [6.45, 7) is 6.39. The molecule has 1 aliphatic heterocycles. The number of nitrogens with zero attached hydrogens (tertiary/aromatic N) is 2. The average molecular weight is 513 g/mol. The largest absolute Gasteiger partial charge is 0.462 e. The number of aryl methyl sites for hydroxylation is 1. The molecule has 9 heteroatoms. The molecular weight excluding hydrogens is 485 g/mol. The zero-order valence-corrected chi connectivity index (χ0v) is 21.2. The second-order valence-corrected chi connectivity index (χ2v) is 10.4. The van der Waals surface area contributed by atoms with E-state index in [9.17, 15) is 4.79 Å². The van der Waals surface area contributed by atoms with Gasteiger partial charge in [-0.1, -0.05) is 29.3 Å².